The number of thioether (sulfide) groups is 1. The van der Waals surface area contributed by atoms with Crippen LogP contribution >= 0.6 is 11.8 Å². The summed E-state index contributed by atoms with van der Waals surface area (Å²) in [5.41, 5.74) is 0. The van der Waals surface area contributed by atoms with Crippen LogP contribution in [0.25, 0.3) is 0 Å². The lowest BCUT2D eigenvalue weighted by Crippen LogP contribution is -2.24. The van der Waals surface area contributed by atoms with E-state index in [-0.39, 0.29) is 0 Å². The Bertz CT molecular complexity index is 441. The first kappa shape index (κ1) is 11.9. The Hall–Kier alpha value is -0.560. The first-order chi connectivity index (χ1) is 7.57. The first-order valence-electron chi connectivity index (χ1n) is 5.24. The number of hydrogen-bond donors (Lipinski definition) is 0. The first-order valence-corrected chi connectivity index (χ1v) is 8.05. The van der Waals surface area contributed by atoms with Crippen molar-refractivity contribution in [1.29, 1.82) is 0 Å². The highest BCUT2D eigenvalue weighted by Crippen LogP contribution is 2.25. The third-order valence-electron chi connectivity index (χ3n) is 2.79. The van der Waals surface area contributed by atoms with Gasteiger partial charge >= 0.3 is 0 Å². The minimum Gasteiger partial charge on any atom is -0.244 e. The topological polar surface area (TPSA) is 64.8 Å². The maximum atomic E-state index is 11.2. The summed E-state index contributed by atoms with van der Waals surface area (Å²) in [4.78, 5) is 4.13. The standard InChI is InChI=1S/C9H15N3O2S2/c1-12-9(10-7-11-12)15-6-8-2-4-16(13,14)5-3-8/h7-8H,2-6H2,1H3. The van der Waals surface area contributed by atoms with E-state index in [0.717, 1.165) is 23.8 Å². The molecule has 0 aliphatic carbocycles. The molecule has 0 amide bonds. The normalized spacial score (nSPS) is 21.1. The fourth-order valence-corrected chi connectivity index (χ4v) is 4.38. The average Bonchev–Trinajstić information content (AvgIpc) is 2.63. The van der Waals surface area contributed by atoms with E-state index in [0.29, 0.717) is 17.4 Å². The Morgan fingerprint density at radius 3 is 2.75 bits per heavy atom. The van der Waals surface area contributed by atoms with E-state index in [2.05, 4.69) is 10.1 Å². The molecule has 1 aromatic heterocycles. The van der Waals surface area contributed by atoms with Crippen molar-refractivity contribution >= 4 is 21.6 Å². The molecule has 0 unspecified atom stereocenters. The molecule has 0 atom stereocenters. The summed E-state index contributed by atoms with van der Waals surface area (Å²) in [6.45, 7) is 0. The van der Waals surface area contributed by atoms with Crippen molar-refractivity contribution in [2.75, 3.05) is 17.3 Å². The number of rotatable bonds is 3. The SMILES string of the molecule is Cn1ncnc1SCC1CCS(=O)(=O)CC1. The van der Waals surface area contributed by atoms with Crippen molar-refractivity contribution in [3.8, 4) is 0 Å². The van der Waals surface area contributed by atoms with Gasteiger partial charge in [-0.15, -0.1) is 0 Å². The van der Waals surface area contributed by atoms with Crippen molar-refractivity contribution in [3.05, 3.63) is 6.33 Å². The van der Waals surface area contributed by atoms with Crippen molar-refractivity contribution in [3.63, 3.8) is 0 Å². The lowest BCUT2D eigenvalue weighted by atomic mass is 10.1. The predicted molar refractivity (Wildman–Crippen MR) is 63.1 cm³/mol. The molecular formula is C9H15N3O2S2. The highest BCUT2D eigenvalue weighted by Gasteiger charge is 2.23. The lowest BCUT2D eigenvalue weighted by Gasteiger charge is -2.20. The summed E-state index contributed by atoms with van der Waals surface area (Å²) in [6, 6.07) is 0. The molecule has 0 spiro atoms. The Labute approximate surface area is 99.6 Å². The van der Waals surface area contributed by atoms with Crippen LogP contribution in [0.15, 0.2) is 11.5 Å². The zero-order valence-corrected chi connectivity index (χ0v) is 10.8. The minimum absolute atomic E-state index is 0.344. The smallest absolute Gasteiger partial charge is 0.185 e. The zero-order valence-electron chi connectivity index (χ0n) is 9.16. The van der Waals surface area contributed by atoms with E-state index >= 15 is 0 Å². The van der Waals surface area contributed by atoms with Gasteiger partial charge in [0.1, 0.15) is 16.2 Å². The number of sulfone groups is 1. The Balaban J connectivity index is 1.82. The third kappa shape index (κ3) is 2.98. The summed E-state index contributed by atoms with van der Waals surface area (Å²) in [7, 11) is -0.877. The Kier molecular flexibility index (Phi) is 3.53. The quantitative estimate of drug-likeness (QED) is 0.751. The third-order valence-corrected chi connectivity index (χ3v) is 5.77. The van der Waals surface area contributed by atoms with Gasteiger partial charge in [-0.1, -0.05) is 11.8 Å². The van der Waals surface area contributed by atoms with Crippen LogP contribution in [0.2, 0.25) is 0 Å². The van der Waals surface area contributed by atoms with Crippen LogP contribution in [0.3, 0.4) is 0 Å². The average molecular weight is 261 g/mol. The molecular weight excluding hydrogens is 246 g/mol. The van der Waals surface area contributed by atoms with E-state index in [9.17, 15) is 8.42 Å². The Morgan fingerprint density at radius 2 is 2.19 bits per heavy atom. The molecule has 0 bridgehead atoms. The van der Waals surface area contributed by atoms with Crippen LogP contribution in [0.5, 0.6) is 0 Å². The molecule has 7 heteroatoms. The van der Waals surface area contributed by atoms with Crippen LogP contribution in [0, 0.1) is 5.92 Å². The summed E-state index contributed by atoms with van der Waals surface area (Å²) in [5, 5.41) is 4.89. The molecule has 0 aromatic carbocycles. The molecule has 1 saturated heterocycles. The van der Waals surface area contributed by atoms with Gasteiger partial charge in [0.05, 0.1) is 11.5 Å². The molecule has 0 N–H and O–H groups in total. The van der Waals surface area contributed by atoms with Gasteiger partial charge in [-0.3, -0.25) is 0 Å². The van der Waals surface area contributed by atoms with Crippen LogP contribution in [0.1, 0.15) is 12.8 Å². The molecule has 1 aromatic rings. The summed E-state index contributed by atoms with van der Waals surface area (Å²) in [5.74, 6) is 2.11. The molecule has 5 nitrogen and oxygen atoms in total. The summed E-state index contributed by atoms with van der Waals surface area (Å²) < 4.78 is 24.2. The van der Waals surface area contributed by atoms with E-state index in [1.165, 1.54) is 6.33 Å². The highest BCUT2D eigenvalue weighted by molar-refractivity contribution is 7.99. The fraction of sp³-hybridized carbons (Fsp3) is 0.778. The molecule has 0 saturated carbocycles. The second-order valence-electron chi connectivity index (χ2n) is 4.07. The zero-order chi connectivity index (χ0) is 11.6. The second-order valence-corrected chi connectivity index (χ2v) is 7.36. The van der Waals surface area contributed by atoms with Crippen LogP contribution in [0.4, 0.5) is 0 Å². The Morgan fingerprint density at radius 1 is 1.50 bits per heavy atom. The number of aryl methyl sites for hydroxylation is 1. The second kappa shape index (κ2) is 4.75. The van der Waals surface area contributed by atoms with Crippen molar-refractivity contribution < 1.29 is 8.42 Å². The van der Waals surface area contributed by atoms with Crippen LogP contribution in [-0.2, 0) is 16.9 Å². The van der Waals surface area contributed by atoms with Crippen LogP contribution < -0.4 is 0 Å². The van der Waals surface area contributed by atoms with Gasteiger partial charge in [0, 0.05) is 12.8 Å². The monoisotopic (exact) mass is 261 g/mol. The molecule has 16 heavy (non-hydrogen) atoms. The number of nitrogens with zero attached hydrogens (tertiary/aromatic N) is 3. The van der Waals surface area contributed by atoms with Gasteiger partial charge in [0.25, 0.3) is 0 Å². The largest absolute Gasteiger partial charge is 0.244 e. The molecule has 1 aliphatic rings. The van der Waals surface area contributed by atoms with Crippen LogP contribution in [-0.4, -0.2) is 40.4 Å². The fourth-order valence-electron chi connectivity index (χ4n) is 1.71. The number of aromatic nitrogens is 3. The molecule has 90 valence electrons. The summed E-state index contributed by atoms with van der Waals surface area (Å²) >= 11 is 1.65. The molecule has 2 rings (SSSR count). The van der Waals surface area contributed by atoms with Crippen molar-refractivity contribution in [2.45, 2.75) is 18.0 Å². The minimum atomic E-state index is -2.74. The van der Waals surface area contributed by atoms with Gasteiger partial charge in [-0.25, -0.2) is 18.1 Å². The molecule has 1 fully saturated rings. The van der Waals surface area contributed by atoms with Gasteiger partial charge in [0.2, 0.25) is 0 Å². The van der Waals surface area contributed by atoms with Crippen molar-refractivity contribution in [2.24, 2.45) is 13.0 Å². The highest BCUT2D eigenvalue weighted by atomic mass is 32.2. The van der Waals surface area contributed by atoms with Gasteiger partial charge in [-0.2, -0.15) is 5.10 Å². The maximum absolute atomic E-state index is 11.2. The van der Waals surface area contributed by atoms with Gasteiger partial charge in [0.15, 0.2) is 5.16 Å². The lowest BCUT2D eigenvalue weighted by molar-refractivity contribution is 0.506. The summed E-state index contributed by atoms with van der Waals surface area (Å²) in [6.07, 6.45) is 3.11. The van der Waals surface area contributed by atoms with Crippen molar-refractivity contribution in [1.82, 2.24) is 14.8 Å². The molecule has 0 radical (unpaired) electrons. The number of hydrogen-bond acceptors (Lipinski definition) is 5. The van der Waals surface area contributed by atoms with E-state index in [4.69, 9.17) is 0 Å². The van der Waals surface area contributed by atoms with Gasteiger partial charge in [-0.05, 0) is 18.8 Å². The predicted octanol–water partition coefficient (Wildman–Crippen LogP) is 0.732. The van der Waals surface area contributed by atoms with Gasteiger partial charge < -0.3 is 0 Å². The molecule has 1 aliphatic heterocycles. The maximum Gasteiger partial charge on any atom is 0.185 e. The van der Waals surface area contributed by atoms with E-state index in [1.807, 2.05) is 7.05 Å². The van der Waals surface area contributed by atoms with E-state index < -0.39 is 9.84 Å². The molecule has 2 heterocycles. The van der Waals surface area contributed by atoms with E-state index in [1.54, 1.807) is 16.4 Å².